The Morgan fingerprint density at radius 1 is 1.21 bits per heavy atom. The van der Waals surface area contributed by atoms with Crippen LogP contribution in [0, 0.1) is 0 Å². The lowest BCUT2D eigenvalue weighted by Gasteiger charge is -2.22. The lowest BCUT2D eigenvalue weighted by molar-refractivity contribution is -0.140. The highest BCUT2D eigenvalue weighted by molar-refractivity contribution is 6.48. The Balaban J connectivity index is 2.05. The summed E-state index contributed by atoms with van der Waals surface area (Å²) >= 11 is 0. The fourth-order valence-electron chi connectivity index (χ4n) is 2.65. The molecular weight excluding hydrogens is 306 g/mol. The van der Waals surface area contributed by atoms with Gasteiger partial charge >= 0.3 is 5.97 Å². The molecule has 0 aliphatic carbocycles. The number of nitrogens with zero attached hydrogens (tertiary/aromatic N) is 1. The highest BCUT2D eigenvalue weighted by Gasteiger charge is 2.27. The van der Waals surface area contributed by atoms with Gasteiger partial charge in [-0.25, -0.2) is 4.79 Å². The maximum absolute atomic E-state index is 12.5. The van der Waals surface area contributed by atoms with E-state index in [2.05, 4.69) is 42.9 Å². The minimum atomic E-state index is -0.575. The lowest BCUT2D eigenvalue weighted by atomic mass is 9.85. The molecule has 1 heterocycles. The van der Waals surface area contributed by atoms with Crippen LogP contribution in [0.4, 0.5) is 0 Å². The first-order valence-corrected chi connectivity index (χ1v) is 7.76. The summed E-state index contributed by atoms with van der Waals surface area (Å²) in [6.07, 6.45) is 0. The second-order valence-electron chi connectivity index (χ2n) is 6.87. The predicted molar refractivity (Wildman–Crippen MR) is 91.7 cm³/mol. The molecule has 2 aromatic rings. The van der Waals surface area contributed by atoms with Crippen molar-refractivity contribution in [2.75, 3.05) is 6.61 Å². The smallest absolute Gasteiger partial charge is 0.331 e. The SMILES string of the molecule is CC(=O)O/N=C1\COc2c(ccc3cc(C(C)(C)C)ccc23)C1=O. The highest BCUT2D eigenvalue weighted by Crippen LogP contribution is 2.35. The first-order chi connectivity index (χ1) is 11.3. The number of hydrogen-bond donors (Lipinski definition) is 0. The molecule has 0 saturated heterocycles. The van der Waals surface area contributed by atoms with Crippen molar-refractivity contribution in [3.8, 4) is 5.75 Å². The van der Waals surface area contributed by atoms with Crippen molar-refractivity contribution < 1.29 is 19.2 Å². The monoisotopic (exact) mass is 325 g/mol. The van der Waals surface area contributed by atoms with Crippen LogP contribution in [-0.2, 0) is 15.0 Å². The molecule has 3 rings (SSSR count). The molecule has 0 atom stereocenters. The second-order valence-corrected chi connectivity index (χ2v) is 6.87. The summed E-state index contributed by atoms with van der Waals surface area (Å²) in [5, 5.41) is 5.49. The van der Waals surface area contributed by atoms with Gasteiger partial charge in [0.1, 0.15) is 12.4 Å². The largest absolute Gasteiger partial charge is 0.486 e. The van der Waals surface area contributed by atoms with Crippen molar-refractivity contribution in [2.45, 2.75) is 33.1 Å². The molecule has 0 bridgehead atoms. The zero-order chi connectivity index (χ0) is 17.5. The van der Waals surface area contributed by atoms with E-state index in [1.165, 1.54) is 12.5 Å². The van der Waals surface area contributed by atoms with Crippen LogP contribution in [0.5, 0.6) is 5.75 Å². The fraction of sp³-hybridized carbons (Fsp3) is 0.316. The maximum atomic E-state index is 12.5. The van der Waals surface area contributed by atoms with Gasteiger partial charge in [0.25, 0.3) is 0 Å². The third-order valence-electron chi connectivity index (χ3n) is 3.98. The molecule has 0 spiro atoms. The van der Waals surface area contributed by atoms with Gasteiger partial charge < -0.3 is 9.57 Å². The zero-order valence-corrected chi connectivity index (χ0v) is 14.2. The average Bonchev–Trinajstić information content (AvgIpc) is 2.52. The van der Waals surface area contributed by atoms with Gasteiger partial charge in [-0.2, -0.15) is 0 Å². The van der Waals surface area contributed by atoms with E-state index in [1.54, 1.807) is 6.07 Å². The number of benzene rings is 2. The third-order valence-corrected chi connectivity index (χ3v) is 3.98. The van der Waals surface area contributed by atoms with E-state index >= 15 is 0 Å². The number of hydrogen-bond acceptors (Lipinski definition) is 5. The van der Waals surface area contributed by atoms with E-state index in [0.717, 1.165) is 10.8 Å². The summed E-state index contributed by atoms with van der Waals surface area (Å²) in [6, 6.07) is 9.79. The van der Waals surface area contributed by atoms with Crippen LogP contribution < -0.4 is 4.74 Å². The Bertz CT molecular complexity index is 875. The van der Waals surface area contributed by atoms with Gasteiger partial charge in [-0.05, 0) is 22.4 Å². The molecular formula is C19H19NO4. The first kappa shape index (κ1) is 16.2. The van der Waals surface area contributed by atoms with Crippen molar-refractivity contribution in [2.24, 2.45) is 5.16 Å². The van der Waals surface area contributed by atoms with Gasteiger partial charge in [0.05, 0.1) is 5.56 Å². The van der Waals surface area contributed by atoms with Crippen molar-refractivity contribution in [3.63, 3.8) is 0 Å². The molecule has 0 unspecified atom stereocenters. The Hall–Kier alpha value is -2.69. The van der Waals surface area contributed by atoms with Crippen LogP contribution >= 0.6 is 0 Å². The van der Waals surface area contributed by atoms with E-state index in [4.69, 9.17) is 4.74 Å². The summed E-state index contributed by atoms with van der Waals surface area (Å²) in [6.45, 7) is 7.69. The minimum absolute atomic E-state index is 0.0146. The number of carbonyl (C=O) groups excluding carboxylic acids is 2. The Morgan fingerprint density at radius 2 is 1.96 bits per heavy atom. The molecule has 124 valence electrons. The minimum Gasteiger partial charge on any atom is -0.486 e. The van der Waals surface area contributed by atoms with E-state index in [9.17, 15) is 9.59 Å². The number of oxime groups is 1. The summed E-state index contributed by atoms with van der Waals surface area (Å²) < 4.78 is 5.73. The third kappa shape index (κ3) is 2.89. The van der Waals surface area contributed by atoms with E-state index in [1.807, 2.05) is 12.1 Å². The topological polar surface area (TPSA) is 65.0 Å². The van der Waals surface area contributed by atoms with Crippen LogP contribution in [0.25, 0.3) is 10.8 Å². The molecule has 0 amide bonds. The van der Waals surface area contributed by atoms with E-state index < -0.39 is 5.97 Å². The summed E-state index contributed by atoms with van der Waals surface area (Å²) in [7, 11) is 0. The average molecular weight is 325 g/mol. The number of Topliss-reactive ketones (excluding diaryl/α,β-unsaturated/α-hetero) is 1. The molecule has 1 aliphatic heterocycles. The number of ketones is 1. The molecule has 1 aliphatic rings. The fourth-order valence-corrected chi connectivity index (χ4v) is 2.65. The molecule has 2 aromatic carbocycles. The standard InChI is InChI=1S/C19H19NO4/c1-11(21)24-20-16-10-23-18-14-8-6-13(19(2,3)4)9-12(14)5-7-15(18)17(16)22/h5-9H,10H2,1-4H3/b20-16+. The van der Waals surface area contributed by atoms with Crippen molar-refractivity contribution >= 4 is 28.2 Å². The van der Waals surface area contributed by atoms with Crippen molar-refractivity contribution in [3.05, 3.63) is 41.5 Å². The van der Waals surface area contributed by atoms with Gasteiger partial charge in [0, 0.05) is 12.3 Å². The van der Waals surface area contributed by atoms with Crippen LogP contribution in [0.3, 0.4) is 0 Å². The Labute approximate surface area is 140 Å². The van der Waals surface area contributed by atoms with Gasteiger partial charge in [0.2, 0.25) is 5.78 Å². The second kappa shape index (κ2) is 5.74. The molecule has 24 heavy (non-hydrogen) atoms. The lowest BCUT2D eigenvalue weighted by Crippen LogP contribution is -2.28. The number of fused-ring (bicyclic) bond motifs is 3. The molecule has 0 saturated carbocycles. The van der Waals surface area contributed by atoms with Gasteiger partial charge in [0.15, 0.2) is 5.71 Å². The first-order valence-electron chi connectivity index (χ1n) is 7.76. The zero-order valence-electron chi connectivity index (χ0n) is 14.2. The summed E-state index contributed by atoms with van der Waals surface area (Å²) in [4.78, 5) is 27.9. The van der Waals surface area contributed by atoms with Crippen LogP contribution in [0.15, 0.2) is 35.5 Å². The number of carbonyl (C=O) groups is 2. The van der Waals surface area contributed by atoms with Gasteiger partial charge in [-0.1, -0.05) is 50.2 Å². The molecule has 0 fully saturated rings. The molecule has 0 radical (unpaired) electrons. The predicted octanol–water partition coefficient (Wildman–Crippen LogP) is 3.63. The number of rotatable bonds is 1. The maximum Gasteiger partial charge on any atom is 0.331 e. The molecule has 0 N–H and O–H groups in total. The van der Waals surface area contributed by atoms with E-state index in [0.29, 0.717) is 11.3 Å². The summed E-state index contributed by atoms with van der Waals surface area (Å²) in [5.74, 6) is -0.298. The van der Waals surface area contributed by atoms with Crippen LogP contribution in [0.2, 0.25) is 0 Å². The Kier molecular flexibility index (Phi) is 3.87. The van der Waals surface area contributed by atoms with Crippen molar-refractivity contribution in [1.82, 2.24) is 0 Å². The normalized spacial score (nSPS) is 16.0. The number of ether oxygens (including phenoxy) is 1. The molecule has 0 aromatic heterocycles. The Morgan fingerprint density at radius 3 is 2.62 bits per heavy atom. The quantitative estimate of drug-likeness (QED) is 0.593. The molecule has 5 nitrogen and oxygen atoms in total. The van der Waals surface area contributed by atoms with E-state index in [-0.39, 0.29) is 23.5 Å². The van der Waals surface area contributed by atoms with Crippen molar-refractivity contribution in [1.29, 1.82) is 0 Å². The van der Waals surface area contributed by atoms with Gasteiger partial charge in [-0.15, -0.1) is 0 Å². The van der Waals surface area contributed by atoms with Crippen LogP contribution in [-0.4, -0.2) is 24.1 Å². The molecule has 5 heteroatoms. The van der Waals surface area contributed by atoms with Crippen LogP contribution in [0.1, 0.15) is 43.6 Å². The van der Waals surface area contributed by atoms with Gasteiger partial charge in [-0.3, -0.25) is 4.79 Å². The summed E-state index contributed by atoms with van der Waals surface area (Å²) in [5.41, 5.74) is 1.78. The highest BCUT2D eigenvalue weighted by atomic mass is 16.7.